The van der Waals surface area contributed by atoms with Crippen molar-refractivity contribution < 1.29 is 9.53 Å². The van der Waals surface area contributed by atoms with Gasteiger partial charge in [0.2, 0.25) is 0 Å². The first kappa shape index (κ1) is 21.3. The number of pyridine rings is 1. The van der Waals surface area contributed by atoms with E-state index in [1.807, 2.05) is 29.2 Å². The lowest BCUT2D eigenvalue weighted by Gasteiger charge is -2.35. The van der Waals surface area contributed by atoms with Gasteiger partial charge in [0, 0.05) is 43.2 Å². The topological polar surface area (TPSA) is 45.7 Å². The molecule has 1 aliphatic heterocycles. The second kappa shape index (κ2) is 10.4. The van der Waals surface area contributed by atoms with Crippen LogP contribution in [0.1, 0.15) is 42.6 Å². The van der Waals surface area contributed by atoms with Gasteiger partial charge in [-0.3, -0.25) is 14.7 Å². The SMILES string of the molecule is COc1ccccc1CN1CCC(CN(CC(C)C)C(=O)c2ccncc2)CC1. The maximum absolute atomic E-state index is 13.0. The summed E-state index contributed by atoms with van der Waals surface area (Å²) in [5.41, 5.74) is 1.97. The van der Waals surface area contributed by atoms with Crippen molar-refractivity contribution in [1.82, 2.24) is 14.8 Å². The molecule has 156 valence electrons. The summed E-state index contributed by atoms with van der Waals surface area (Å²) in [6.45, 7) is 9.00. The van der Waals surface area contributed by atoms with Gasteiger partial charge in [0.15, 0.2) is 0 Å². The fraction of sp³-hybridized carbons (Fsp3) is 0.500. The van der Waals surface area contributed by atoms with Crippen LogP contribution in [0.2, 0.25) is 0 Å². The van der Waals surface area contributed by atoms with E-state index >= 15 is 0 Å². The summed E-state index contributed by atoms with van der Waals surface area (Å²) in [7, 11) is 1.73. The second-order valence-corrected chi connectivity index (χ2v) is 8.37. The third-order valence-electron chi connectivity index (χ3n) is 5.57. The van der Waals surface area contributed by atoms with Crippen molar-refractivity contribution in [1.29, 1.82) is 0 Å². The van der Waals surface area contributed by atoms with Gasteiger partial charge in [-0.1, -0.05) is 32.0 Å². The molecular formula is C24H33N3O2. The normalized spacial score (nSPS) is 15.4. The number of nitrogens with zero attached hydrogens (tertiary/aromatic N) is 3. The zero-order chi connectivity index (χ0) is 20.6. The van der Waals surface area contributed by atoms with Gasteiger partial charge < -0.3 is 9.64 Å². The number of methoxy groups -OCH3 is 1. The number of piperidine rings is 1. The highest BCUT2D eigenvalue weighted by Crippen LogP contribution is 2.24. The van der Waals surface area contributed by atoms with Crippen LogP contribution < -0.4 is 4.74 Å². The highest BCUT2D eigenvalue weighted by molar-refractivity contribution is 5.94. The van der Waals surface area contributed by atoms with Crippen LogP contribution in [0.15, 0.2) is 48.8 Å². The Morgan fingerprint density at radius 2 is 1.86 bits per heavy atom. The van der Waals surface area contributed by atoms with Crippen molar-refractivity contribution in [3.05, 3.63) is 59.9 Å². The minimum Gasteiger partial charge on any atom is -0.496 e. The number of hydrogen-bond donors (Lipinski definition) is 0. The summed E-state index contributed by atoms with van der Waals surface area (Å²) in [6, 6.07) is 11.9. The van der Waals surface area contributed by atoms with E-state index in [0.29, 0.717) is 11.8 Å². The molecule has 0 atom stereocenters. The third-order valence-corrected chi connectivity index (χ3v) is 5.57. The van der Waals surface area contributed by atoms with Crippen LogP contribution in [-0.4, -0.2) is 54.0 Å². The lowest BCUT2D eigenvalue weighted by molar-refractivity contribution is 0.0663. The quantitative estimate of drug-likeness (QED) is 0.675. The number of amides is 1. The Balaban J connectivity index is 1.56. The van der Waals surface area contributed by atoms with Gasteiger partial charge in [-0.25, -0.2) is 0 Å². The molecular weight excluding hydrogens is 362 g/mol. The van der Waals surface area contributed by atoms with Crippen LogP contribution in [0.3, 0.4) is 0 Å². The molecule has 3 rings (SSSR count). The molecule has 1 amide bonds. The average Bonchev–Trinajstić information content (AvgIpc) is 2.75. The molecule has 2 heterocycles. The first-order chi connectivity index (χ1) is 14.1. The molecule has 29 heavy (non-hydrogen) atoms. The number of ether oxygens (including phenoxy) is 1. The standard InChI is InChI=1S/C24H33N3O2/c1-19(2)16-27(24(28)21-8-12-25-13-9-21)17-20-10-14-26(15-11-20)18-22-6-4-5-7-23(22)29-3/h4-9,12-13,19-20H,10-11,14-18H2,1-3H3. The molecule has 0 N–H and O–H groups in total. The van der Waals surface area contributed by atoms with Crippen molar-refractivity contribution in [2.24, 2.45) is 11.8 Å². The Hall–Kier alpha value is -2.40. The predicted molar refractivity (Wildman–Crippen MR) is 116 cm³/mol. The molecule has 0 radical (unpaired) electrons. The fourth-order valence-electron chi connectivity index (χ4n) is 4.07. The summed E-state index contributed by atoms with van der Waals surface area (Å²) in [5, 5.41) is 0. The Bertz CT molecular complexity index is 771. The maximum Gasteiger partial charge on any atom is 0.253 e. The molecule has 0 saturated carbocycles. The van der Waals surface area contributed by atoms with Crippen molar-refractivity contribution in [3.63, 3.8) is 0 Å². The molecule has 1 aliphatic rings. The van der Waals surface area contributed by atoms with Crippen LogP contribution >= 0.6 is 0 Å². The summed E-state index contributed by atoms with van der Waals surface area (Å²) in [4.78, 5) is 21.6. The zero-order valence-corrected chi connectivity index (χ0v) is 17.9. The summed E-state index contributed by atoms with van der Waals surface area (Å²) >= 11 is 0. The first-order valence-electron chi connectivity index (χ1n) is 10.6. The molecule has 0 unspecified atom stereocenters. The zero-order valence-electron chi connectivity index (χ0n) is 17.9. The van der Waals surface area contributed by atoms with E-state index in [1.165, 1.54) is 5.56 Å². The number of para-hydroxylation sites is 1. The number of benzene rings is 1. The average molecular weight is 396 g/mol. The van der Waals surface area contributed by atoms with Gasteiger partial charge in [-0.2, -0.15) is 0 Å². The summed E-state index contributed by atoms with van der Waals surface area (Å²) in [6.07, 6.45) is 5.62. The van der Waals surface area contributed by atoms with Gasteiger partial charge in [0.25, 0.3) is 5.91 Å². The predicted octanol–water partition coefficient (Wildman–Crippen LogP) is 4.10. The summed E-state index contributed by atoms with van der Waals surface area (Å²) in [5.74, 6) is 2.08. The smallest absolute Gasteiger partial charge is 0.253 e. The minimum absolute atomic E-state index is 0.123. The molecule has 0 aliphatic carbocycles. The van der Waals surface area contributed by atoms with Gasteiger partial charge >= 0.3 is 0 Å². The first-order valence-corrected chi connectivity index (χ1v) is 10.6. The van der Waals surface area contributed by atoms with Crippen LogP contribution in [0.25, 0.3) is 0 Å². The highest BCUT2D eigenvalue weighted by Gasteiger charge is 2.25. The third kappa shape index (κ3) is 6.04. The second-order valence-electron chi connectivity index (χ2n) is 8.37. The van der Waals surface area contributed by atoms with E-state index in [1.54, 1.807) is 19.5 Å². The molecule has 1 aromatic heterocycles. The Morgan fingerprint density at radius 3 is 2.52 bits per heavy atom. The Kier molecular flexibility index (Phi) is 7.64. The monoisotopic (exact) mass is 395 g/mol. The van der Waals surface area contributed by atoms with Crippen molar-refractivity contribution >= 4 is 5.91 Å². The van der Waals surface area contributed by atoms with Crippen molar-refractivity contribution in [2.75, 3.05) is 33.3 Å². The molecule has 5 nitrogen and oxygen atoms in total. The van der Waals surface area contributed by atoms with E-state index in [4.69, 9.17) is 4.74 Å². The van der Waals surface area contributed by atoms with Crippen molar-refractivity contribution in [2.45, 2.75) is 33.2 Å². The van der Waals surface area contributed by atoms with Gasteiger partial charge in [-0.15, -0.1) is 0 Å². The number of aromatic nitrogens is 1. The van der Waals surface area contributed by atoms with E-state index in [0.717, 1.165) is 56.9 Å². The molecule has 1 saturated heterocycles. The van der Waals surface area contributed by atoms with Crippen LogP contribution in [0.5, 0.6) is 5.75 Å². The maximum atomic E-state index is 13.0. The molecule has 0 bridgehead atoms. The van der Waals surface area contributed by atoms with Gasteiger partial charge in [-0.05, 0) is 56.0 Å². The molecule has 2 aromatic rings. The van der Waals surface area contributed by atoms with E-state index < -0.39 is 0 Å². The minimum atomic E-state index is 0.123. The number of hydrogen-bond acceptors (Lipinski definition) is 4. The van der Waals surface area contributed by atoms with Crippen LogP contribution in [-0.2, 0) is 6.54 Å². The number of likely N-dealkylation sites (tertiary alicyclic amines) is 1. The van der Waals surface area contributed by atoms with E-state index in [9.17, 15) is 4.79 Å². The van der Waals surface area contributed by atoms with E-state index in [-0.39, 0.29) is 5.91 Å². The molecule has 1 aromatic carbocycles. The van der Waals surface area contributed by atoms with Crippen LogP contribution in [0, 0.1) is 11.8 Å². The lowest BCUT2D eigenvalue weighted by atomic mass is 9.95. The Labute approximate surface area is 174 Å². The summed E-state index contributed by atoms with van der Waals surface area (Å²) < 4.78 is 5.49. The molecule has 1 fully saturated rings. The lowest BCUT2D eigenvalue weighted by Crippen LogP contribution is -2.42. The number of carbonyl (C=O) groups is 1. The van der Waals surface area contributed by atoms with Crippen LogP contribution in [0.4, 0.5) is 0 Å². The Morgan fingerprint density at radius 1 is 1.17 bits per heavy atom. The highest BCUT2D eigenvalue weighted by atomic mass is 16.5. The number of rotatable bonds is 8. The van der Waals surface area contributed by atoms with Crippen molar-refractivity contribution in [3.8, 4) is 5.75 Å². The fourth-order valence-corrected chi connectivity index (χ4v) is 4.07. The largest absolute Gasteiger partial charge is 0.496 e. The molecule has 5 heteroatoms. The van der Waals surface area contributed by atoms with Gasteiger partial charge in [0.05, 0.1) is 7.11 Å². The van der Waals surface area contributed by atoms with Gasteiger partial charge in [0.1, 0.15) is 5.75 Å². The molecule has 0 spiro atoms. The number of carbonyl (C=O) groups excluding carboxylic acids is 1. The van der Waals surface area contributed by atoms with E-state index in [2.05, 4.69) is 35.9 Å².